The zero-order valence-electron chi connectivity index (χ0n) is 18.4. The number of halogens is 1. The number of anilines is 2. The average Bonchev–Trinajstić information content (AvgIpc) is 3.29. The summed E-state index contributed by atoms with van der Waals surface area (Å²) in [5.41, 5.74) is 4.30. The summed E-state index contributed by atoms with van der Waals surface area (Å²) in [6.45, 7) is 0.153. The molecule has 9 nitrogen and oxygen atoms in total. The molecule has 0 aliphatic heterocycles. The number of benzene rings is 2. The van der Waals surface area contributed by atoms with Crippen LogP contribution in [-0.2, 0) is 16.8 Å². The monoisotopic (exact) mass is 451 g/mol. The van der Waals surface area contributed by atoms with E-state index in [4.69, 9.17) is 14.5 Å². The molecule has 0 bridgehead atoms. The van der Waals surface area contributed by atoms with Gasteiger partial charge in [-0.15, -0.1) is 0 Å². The lowest BCUT2D eigenvalue weighted by Crippen LogP contribution is -2.21. The van der Waals surface area contributed by atoms with Crippen molar-refractivity contribution in [1.82, 2.24) is 19.7 Å². The summed E-state index contributed by atoms with van der Waals surface area (Å²) in [7, 11) is 4.93. The third kappa shape index (κ3) is 4.84. The fourth-order valence-electron chi connectivity index (χ4n) is 3.46. The highest BCUT2D eigenvalue weighted by Gasteiger charge is 2.16. The van der Waals surface area contributed by atoms with Gasteiger partial charge in [-0.25, -0.2) is 9.78 Å². The van der Waals surface area contributed by atoms with E-state index in [9.17, 15) is 9.32 Å². The van der Waals surface area contributed by atoms with E-state index < -0.39 is 5.97 Å². The summed E-state index contributed by atoms with van der Waals surface area (Å²) >= 11 is 0. The van der Waals surface area contributed by atoms with Crippen molar-refractivity contribution in [1.29, 1.82) is 0 Å². The van der Waals surface area contributed by atoms with Crippen molar-refractivity contribution in [2.45, 2.75) is 6.42 Å². The first-order chi connectivity index (χ1) is 16.0. The quantitative estimate of drug-likeness (QED) is 0.397. The minimum atomic E-state index is -0.964. The number of aryl methyl sites for hydroxylation is 1. The number of ether oxygens (including phenoxy) is 2. The Labute approximate surface area is 189 Å². The largest absolute Gasteiger partial charge is 0.497 e. The molecule has 0 fully saturated rings. The van der Waals surface area contributed by atoms with E-state index in [1.165, 1.54) is 0 Å². The molecule has 0 unspecified atom stereocenters. The Kier molecular flexibility index (Phi) is 6.34. The number of fused-ring (bicyclic) bond motifs is 1. The van der Waals surface area contributed by atoms with E-state index in [0.29, 0.717) is 33.9 Å². The predicted molar refractivity (Wildman–Crippen MR) is 120 cm³/mol. The first-order valence-corrected chi connectivity index (χ1v) is 10.1. The van der Waals surface area contributed by atoms with Crippen molar-refractivity contribution in [2.24, 2.45) is 7.05 Å². The summed E-state index contributed by atoms with van der Waals surface area (Å²) in [6.07, 6.45) is 5.10. The highest BCUT2D eigenvalue weighted by molar-refractivity contribution is 5.83. The van der Waals surface area contributed by atoms with Crippen LogP contribution in [0.1, 0.15) is 6.42 Å². The number of hydrogen-bond acceptors (Lipinski definition) is 8. The lowest BCUT2D eigenvalue weighted by molar-refractivity contribution is -0.183. The zero-order chi connectivity index (χ0) is 23.4. The van der Waals surface area contributed by atoms with Gasteiger partial charge in [-0.05, 0) is 18.2 Å². The van der Waals surface area contributed by atoms with E-state index in [1.807, 2.05) is 36.3 Å². The van der Waals surface area contributed by atoms with Crippen LogP contribution in [-0.4, -0.2) is 46.5 Å². The van der Waals surface area contributed by atoms with E-state index in [-0.39, 0.29) is 13.0 Å². The van der Waals surface area contributed by atoms with E-state index >= 15 is 0 Å². The Balaban J connectivity index is 1.78. The SMILES string of the molecule is COc1cc(OC)cc(N(CCC(=O)OF)c2ccc3ncc(-c4cnn(C)c4)nc3c2)c1. The van der Waals surface area contributed by atoms with Crippen molar-refractivity contribution < 1.29 is 23.7 Å². The predicted octanol–water partition coefficient (Wildman–Crippen LogP) is 4.00. The average molecular weight is 451 g/mol. The summed E-state index contributed by atoms with van der Waals surface area (Å²) in [5, 5.41) is 4.18. The van der Waals surface area contributed by atoms with Crippen LogP contribution in [0.15, 0.2) is 55.0 Å². The third-order valence-electron chi connectivity index (χ3n) is 5.11. The lowest BCUT2D eigenvalue weighted by Gasteiger charge is -2.25. The summed E-state index contributed by atoms with van der Waals surface area (Å²) in [5.74, 6) is 0.179. The molecule has 10 heteroatoms. The maximum absolute atomic E-state index is 12.4. The highest BCUT2D eigenvalue weighted by atomic mass is 19.3. The maximum Gasteiger partial charge on any atom is 0.350 e. The minimum absolute atomic E-state index is 0.153. The van der Waals surface area contributed by atoms with Crippen LogP contribution in [0, 0.1) is 0 Å². The number of aromatic nitrogens is 4. The molecule has 0 aliphatic rings. The topological polar surface area (TPSA) is 91.6 Å². The second-order valence-corrected chi connectivity index (χ2v) is 7.25. The van der Waals surface area contributed by atoms with Crippen LogP contribution < -0.4 is 14.4 Å². The number of carbonyl (C=O) groups is 1. The molecule has 4 aromatic rings. The van der Waals surface area contributed by atoms with Gasteiger partial charge >= 0.3 is 5.97 Å². The first kappa shape index (κ1) is 22.0. The molecule has 2 aromatic heterocycles. The first-order valence-electron chi connectivity index (χ1n) is 10.1. The van der Waals surface area contributed by atoms with Gasteiger partial charge < -0.3 is 14.4 Å². The molecule has 0 radical (unpaired) electrons. The van der Waals surface area contributed by atoms with Crippen molar-refractivity contribution in [2.75, 3.05) is 25.7 Å². The molecule has 2 aromatic carbocycles. The van der Waals surface area contributed by atoms with Gasteiger partial charge in [-0.1, -0.05) is 0 Å². The van der Waals surface area contributed by atoms with Gasteiger partial charge in [0.25, 0.3) is 0 Å². The summed E-state index contributed by atoms with van der Waals surface area (Å²) < 4.78 is 24.8. The van der Waals surface area contributed by atoms with Crippen LogP contribution in [0.4, 0.5) is 15.9 Å². The molecule has 0 amide bonds. The molecule has 2 heterocycles. The molecule has 0 aliphatic carbocycles. The van der Waals surface area contributed by atoms with Crippen LogP contribution >= 0.6 is 0 Å². The zero-order valence-corrected chi connectivity index (χ0v) is 18.4. The second kappa shape index (κ2) is 9.51. The van der Waals surface area contributed by atoms with Crippen LogP contribution in [0.3, 0.4) is 0 Å². The van der Waals surface area contributed by atoms with Gasteiger partial charge in [0.2, 0.25) is 0 Å². The molecule has 0 saturated heterocycles. The second-order valence-electron chi connectivity index (χ2n) is 7.25. The highest BCUT2D eigenvalue weighted by Crippen LogP contribution is 2.34. The molecule has 0 atom stereocenters. The third-order valence-corrected chi connectivity index (χ3v) is 5.11. The fourth-order valence-corrected chi connectivity index (χ4v) is 3.46. The smallest absolute Gasteiger partial charge is 0.350 e. The molecule has 0 spiro atoms. The van der Waals surface area contributed by atoms with Gasteiger partial charge in [0, 0.05) is 59.5 Å². The standard InChI is InChI=1S/C23H22FN5O4/c1-28-14-15(12-26-28)22-13-25-20-5-4-16(10-21(20)27-22)29(7-6-23(30)33-24)17-8-18(31-2)11-19(9-17)32-3/h4-5,8-14H,6-7H2,1-3H3. The molecule has 4 rings (SSSR count). The number of nitrogens with zero attached hydrogens (tertiary/aromatic N) is 5. The summed E-state index contributed by atoms with van der Waals surface area (Å²) in [4.78, 5) is 26.0. The molecule has 33 heavy (non-hydrogen) atoms. The van der Waals surface area contributed by atoms with Gasteiger partial charge in [-0.2, -0.15) is 5.10 Å². The van der Waals surface area contributed by atoms with Crippen molar-refractivity contribution >= 4 is 28.4 Å². The van der Waals surface area contributed by atoms with Crippen molar-refractivity contribution in [3.05, 3.63) is 55.0 Å². The number of hydrogen-bond donors (Lipinski definition) is 0. The van der Waals surface area contributed by atoms with Gasteiger partial charge in [-0.3, -0.25) is 14.6 Å². The Morgan fingerprint density at radius 3 is 2.42 bits per heavy atom. The van der Waals surface area contributed by atoms with Crippen LogP contribution in [0.2, 0.25) is 0 Å². The minimum Gasteiger partial charge on any atom is -0.497 e. The number of methoxy groups -OCH3 is 2. The molecule has 0 N–H and O–H groups in total. The van der Waals surface area contributed by atoms with Crippen LogP contribution in [0.25, 0.3) is 22.3 Å². The molecule has 0 saturated carbocycles. The van der Waals surface area contributed by atoms with Gasteiger partial charge in [0.1, 0.15) is 11.5 Å². The van der Waals surface area contributed by atoms with Crippen LogP contribution in [0.5, 0.6) is 11.5 Å². The Morgan fingerprint density at radius 2 is 1.79 bits per heavy atom. The van der Waals surface area contributed by atoms with Crippen molar-refractivity contribution in [3.63, 3.8) is 0 Å². The molecular weight excluding hydrogens is 429 g/mol. The van der Waals surface area contributed by atoms with Gasteiger partial charge in [0.05, 0.1) is 49.8 Å². The van der Waals surface area contributed by atoms with E-state index in [2.05, 4.69) is 15.0 Å². The van der Waals surface area contributed by atoms with E-state index in [1.54, 1.807) is 49.5 Å². The van der Waals surface area contributed by atoms with Crippen molar-refractivity contribution in [3.8, 4) is 22.8 Å². The fraction of sp³-hybridized carbons (Fsp3) is 0.217. The Hall–Kier alpha value is -4.21. The molecular formula is C23H22FN5O4. The number of carbonyl (C=O) groups excluding carboxylic acids is 1. The Bertz CT molecular complexity index is 1270. The maximum atomic E-state index is 12.4. The van der Waals surface area contributed by atoms with Gasteiger partial charge in [0.15, 0.2) is 0 Å². The normalized spacial score (nSPS) is 10.8. The van der Waals surface area contributed by atoms with E-state index in [0.717, 1.165) is 11.3 Å². The molecule has 170 valence electrons. The summed E-state index contributed by atoms with van der Waals surface area (Å²) in [6, 6.07) is 10.9. The lowest BCUT2D eigenvalue weighted by atomic mass is 10.1. The Morgan fingerprint density at radius 1 is 1.03 bits per heavy atom. The number of rotatable bonds is 8.